The van der Waals surface area contributed by atoms with Gasteiger partial charge in [-0.15, -0.1) is 0 Å². The maximum Gasteiger partial charge on any atom is 0.0163 e. The Labute approximate surface area is 81.8 Å². The summed E-state index contributed by atoms with van der Waals surface area (Å²) in [4.78, 5) is 2.52. The zero-order valence-corrected chi connectivity index (χ0v) is 8.87. The first-order valence-corrected chi connectivity index (χ1v) is 5.29. The zero-order chi connectivity index (χ0) is 9.68. The summed E-state index contributed by atoms with van der Waals surface area (Å²) < 4.78 is 0. The van der Waals surface area contributed by atoms with Crippen LogP contribution in [0.15, 0.2) is 12.2 Å². The molecule has 2 atom stereocenters. The molecule has 1 heterocycles. The molecule has 1 aliphatic rings. The Balaban J connectivity index is 2.28. The molecule has 2 N–H and O–H groups in total. The van der Waals surface area contributed by atoms with E-state index in [1.165, 1.54) is 19.5 Å². The number of nitrogens with two attached hydrogens (primary N) is 1. The maximum absolute atomic E-state index is 5.39. The van der Waals surface area contributed by atoms with Crippen molar-refractivity contribution in [1.82, 2.24) is 4.90 Å². The van der Waals surface area contributed by atoms with Gasteiger partial charge < -0.3 is 5.73 Å². The van der Waals surface area contributed by atoms with Crippen molar-refractivity contribution in [2.45, 2.75) is 20.3 Å². The Morgan fingerprint density at radius 2 is 1.85 bits per heavy atom. The third-order valence-electron chi connectivity index (χ3n) is 2.61. The van der Waals surface area contributed by atoms with E-state index < -0.39 is 0 Å². The molecule has 0 bridgehead atoms. The van der Waals surface area contributed by atoms with Crippen molar-refractivity contribution in [1.29, 1.82) is 0 Å². The lowest BCUT2D eigenvalue weighted by atomic mass is 9.92. The van der Waals surface area contributed by atoms with Gasteiger partial charge in [-0.3, -0.25) is 4.90 Å². The summed E-state index contributed by atoms with van der Waals surface area (Å²) in [5, 5.41) is 0. The van der Waals surface area contributed by atoms with Gasteiger partial charge in [0.05, 0.1) is 0 Å². The van der Waals surface area contributed by atoms with E-state index in [0.29, 0.717) is 6.54 Å². The Kier molecular flexibility index (Phi) is 4.46. The Morgan fingerprint density at radius 1 is 1.23 bits per heavy atom. The average molecular weight is 182 g/mol. The number of nitrogens with zero attached hydrogens (tertiary/aromatic N) is 1. The van der Waals surface area contributed by atoms with Gasteiger partial charge in [-0.2, -0.15) is 0 Å². The van der Waals surface area contributed by atoms with Gasteiger partial charge in [-0.1, -0.05) is 26.0 Å². The van der Waals surface area contributed by atoms with E-state index in [1.807, 2.05) is 6.08 Å². The van der Waals surface area contributed by atoms with Crippen LogP contribution in [0, 0.1) is 11.8 Å². The molecule has 1 rings (SSSR count). The summed E-state index contributed by atoms with van der Waals surface area (Å²) >= 11 is 0. The van der Waals surface area contributed by atoms with Gasteiger partial charge in [-0.25, -0.2) is 0 Å². The molecule has 0 aromatic rings. The van der Waals surface area contributed by atoms with E-state index in [2.05, 4.69) is 24.8 Å². The average Bonchev–Trinajstić information content (AvgIpc) is 2.03. The highest BCUT2D eigenvalue weighted by atomic mass is 15.1. The molecule has 0 aromatic heterocycles. The van der Waals surface area contributed by atoms with E-state index in [0.717, 1.165) is 18.4 Å². The number of hydrogen-bond acceptors (Lipinski definition) is 2. The molecule has 13 heavy (non-hydrogen) atoms. The fraction of sp³-hybridized carbons (Fsp3) is 0.818. The standard InChI is InChI=1S/C11H22N2/c1-10-7-11(2)9-13(8-10)6-4-3-5-12/h3-4,10-11H,5-9,12H2,1-2H3/b4-3+. The molecule has 0 amide bonds. The van der Waals surface area contributed by atoms with Crippen LogP contribution >= 0.6 is 0 Å². The van der Waals surface area contributed by atoms with E-state index in [-0.39, 0.29) is 0 Å². The molecule has 0 aromatic carbocycles. The normalized spacial score (nSPS) is 31.3. The molecule has 2 nitrogen and oxygen atoms in total. The van der Waals surface area contributed by atoms with Gasteiger partial charge in [0.1, 0.15) is 0 Å². The summed E-state index contributed by atoms with van der Waals surface area (Å²) in [7, 11) is 0. The summed E-state index contributed by atoms with van der Waals surface area (Å²) in [5.74, 6) is 1.71. The predicted molar refractivity (Wildman–Crippen MR) is 57.6 cm³/mol. The lowest BCUT2D eigenvalue weighted by Crippen LogP contribution is -2.38. The minimum absolute atomic E-state index is 0.666. The lowest BCUT2D eigenvalue weighted by Gasteiger charge is -2.34. The van der Waals surface area contributed by atoms with E-state index in [4.69, 9.17) is 5.73 Å². The van der Waals surface area contributed by atoms with Crippen LogP contribution in [0.2, 0.25) is 0 Å². The van der Waals surface area contributed by atoms with E-state index in [9.17, 15) is 0 Å². The van der Waals surface area contributed by atoms with Crippen LogP contribution < -0.4 is 5.73 Å². The number of likely N-dealkylation sites (tertiary alicyclic amines) is 1. The third kappa shape index (κ3) is 3.92. The van der Waals surface area contributed by atoms with Crippen molar-refractivity contribution >= 4 is 0 Å². The highest BCUT2D eigenvalue weighted by Crippen LogP contribution is 2.20. The molecule has 2 heteroatoms. The maximum atomic E-state index is 5.39. The number of rotatable bonds is 3. The van der Waals surface area contributed by atoms with Gasteiger partial charge in [0.15, 0.2) is 0 Å². The highest BCUT2D eigenvalue weighted by Gasteiger charge is 2.20. The van der Waals surface area contributed by atoms with E-state index >= 15 is 0 Å². The van der Waals surface area contributed by atoms with Crippen LogP contribution in [0.25, 0.3) is 0 Å². The van der Waals surface area contributed by atoms with Crippen molar-refractivity contribution < 1.29 is 0 Å². The number of hydrogen-bond donors (Lipinski definition) is 1. The van der Waals surface area contributed by atoms with Crippen LogP contribution in [0.4, 0.5) is 0 Å². The fourth-order valence-electron chi connectivity index (χ4n) is 2.26. The van der Waals surface area contributed by atoms with Crippen molar-refractivity contribution in [3.63, 3.8) is 0 Å². The quantitative estimate of drug-likeness (QED) is 0.670. The van der Waals surface area contributed by atoms with Crippen molar-refractivity contribution in [2.75, 3.05) is 26.2 Å². The third-order valence-corrected chi connectivity index (χ3v) is 2.61. The van der Waals surface area contributed by atoms with Crippen LogP contribution in [-0.4, -0.2) is 31.1 Å². The smallest absolute Gasteiger partial charge is 0.0163 e. The molecule has 1 saturated heterocycles. The van der Waals surface area contributed by atoms with Crippen LogP contribution in [0.3, 0.4) is 0 Å². The summed E-state index contributed by atoms with van der Waals surface area (Å²) in [6.07, 6.45) is 5.62. The van der Waals surface area contributed by atoms with Crippen molar-refractivity contribution in [2.24, 2.45) is 17.6 Å². The molecular weight excluding hydrogens is 160 g/mol. The molecule has 0 radical (unpaired) electrons. The summed E-state index contributed by atoms with van der Waals surface area (Å²) in [6.45, 7) is 8.92. The number of piperidine rings is 1. The summed E-state index contributed by atoms with van der Waals surface area (Å²) in [6, 6.07) is 0. The second kappa shape index (κ2) is 5.40. The lowest BCUT2D eigenvalue weighted by molar-refractivity contribution is 0.155. The van der Waals surface area contributed by atoms with Crippen LogP contribution in [-0.2, 0) is 0 Å². The van der Waals surface area contributed by atoms with E-state index in [1.54, 1.807) is 0 Å². The second-order valence-corrected chi connectivity index (χ2v) is 4.37. The molecule has 1 aliphatic heterocycles. The van der Waals surface area contributed by atoms with Gasteiger partial charge in [0.25, 0.3) is 0 Å². The molecule has 0 aliphatic carbocycles. The van der Waals surface area contributed by atoms with Gasteiger partial charge in [0.2, 0.25) is 0 Å². The first-order chi connectivity index (χ1) is 6.22. The highest BCUT2D eigenvalue weighted by molar-refractivity contribution is 4.87. The molecule has 76 valence electrons. The fourth-order valence-corrected chi connectivity index (χ4v) is 2.26. The van der Waals surface area contributed by atoms with Gasteiger partial charge >= 0.3 is 0 Å². The SMILES string of the molecule is CC1CC(C)CN(C/C=C/CN)C1. The molecule has 2 unspecified atom stereocenters. The van der Waals surface area contributed by atoms with Crippen LogP contribution in [0.5, 0.6) is 0 Å². The summed E-state index contributed by atoms with van der Waals surface area (Å²) in [5.41, 5.74) is 5.39. The molecule has 0 spiro atoms. The molecular formula is C11H22N2. The minimum Gasteiger partial charge on any atom is -0.327 e. The minimum atomic E-state index is 0.666. The van der Waals surface area contributed by atoms with Crippen molar-refractivity contribution in [3.8, 4) is 0 Å². The first kappa shape index (κ1) is 10.7. The topological polar surface area (TPSA) is 29.3 Å². The molecule has 1 fully saturated rings. The predicted octanol–water partition coefficient (Wildman–Crippen LogP) is 1.48. The largest absolute Gasteiger partial charge is 0.327 e. The van der Waals surface area contributed by atoms with Crippen LogP contribution in [0.1, 0.15) is 20.3 Å². The second-order valence-electron chi connectivity index (χ2n) is 4.37. The Bertz CT molecular complexity index is 155. The first-order valence-electron chi connectivity index (χ1n) is 5.29. The monoisotopic (exact) mass is 182 g/mol. The van der Waals surface area contributed by atoms with Gasteiger partial charge in [-0.05, 0) is 18.3 Å². The Hall–Kier alpha value is -0.340. The van der Waals surface area contributed by atoms with Gasteiger partial charge in [0, 0.05) is 26.2 Å². The molecule has 0 saturated carbocycles. The Morgan fingerprint density at radius 3 is 2.38 bits per heavy atom. The van der Waals surface area contributed by atoms with Crippen molar-refractivity contribution in [3.05, 3.63) is 12.2 Å². The zero-order valence-electron chi connectivity index (χ0n) is 8.87.